The molecule has 230 valence electrons. The fraction of sp³-hybridized carbons (Fsp3) is 0.857. The van der Waals surface area contributed by atoms with Gasteiger partial charge in [-0.1, -0.05) is 60.1 Å². The smallest absolute Gasteiger partial charge is 0.312 e. The van der Waals surface area contributed by atoms with Gasteiger partial charge < -0.3 is 14.2 Å². The monoisotopic (exact) mass is 570 g/mol. The first-order chi connectivity index (χ1) is 19.0. The summed E-state index contributed by atoms with van der Waals surface area (Å²) >= 11 is 0. The van der Waals surface area contributed by atoms with Crippen molar-refractivity contribution >= 4 is 17.9 Å². The highest BCUT2D eigenvalue weighted by Crippen LogP contribution is 2.76. The Balaban J connectivity index is 1.60. The lowest BCUT2D eigenvalue weighted by Crippen LogP contribution is -2.68. The number of carbonyl (C=O) groups excluding carboxylic acids is 3. The van der Waals surface area contributed by atoms with E-state index in [2.05, 4.69) is 54.5 Å². The predicted octanol–water partition coefficient (Wildman–Crippen LogP) is 7.29. The number of ether oxygens (including phenoxy) is 3. The number of fused-ring (bicyclic) bond motifs is 7. The molecule has 6 nitrogen and oxygen atoms in total. The molecule has 0 bridgehead atoms. The van der Waals surface area contributed by atoms with Gasteiger partial charge in [-0.05, 0) is 97.2 Å². The summed E-state index contributed by atoms with van der Waals surface area (Å²) in [5.74, 6) is 1.26. The number of hydrogen-bond donors (Lipinski definition) is 0. The SMILES string of the molecule is COC(=O)[C@]12CC[C@@H](C)[C@H](C)[C@H]1C1=CC[C@@H]3[C@@]4(C)C[C@@H](OC(C)=O)[C@H](OC(C)=O)C(C)(C)[C@@H]4CC[C@@]3(C)[C@]1(C)CC2. The third kappa shape index (κ3) is 4.11. The van der Waals surface area contributed by atoms with Crippen molar-refractivity contribution in [3.05, 3.63) is 11.6 Å². The van der Waals surface area contributed by atoms with Crippen LogP contribution in [0.5, 0.6) is 0 Å². The van der Waals surface area contributed by atoms with E-state index < -0.39 is 17.6 Å². The summed E-state index contributed by atoms with van der Waals surface area (Å²) in [5.41, 5.74) is 0.673. The highest BCUT2D eigenvalue weighted by Gasteiger charge is 2.71. The first-order valence-corrected chi connectivity index (χ1v) is 16.1. The Hall–Kier alpha value is -1.85. The minimum Gasteiger partial charge on any atom is -0.469 e. The van der Waals surface area contributed by atoms with Gasteiger partial charge in [0.1, 0.15) is 12.2 Å². The molecule has 0 aromatic heterocycles. The zero-order valence-corrected chi connectivity index (χ0v) is 27.2. The van der Waals surface area contributed by atoms with E-state index in [0.717, 1.165) is 44.9 Å². The van der Waals surface area contributed by atoms with Gasteiger partial charge in [-0.3, -0.25) is 14.4 Å². The summed E-state index contributed by atoms with van der Waals surface area (Å²) in [6.07, 6.45) is 9.28. The molecule has 0 N–H and O–H groups in total. The maximum atomic E-state index is 13.5. The van der Waals surface area contributed by atoms with Crippen LogP contribution in [0.3, 0.4) is 0 Å². The fourth-order valence-corrected chi connectivity index (χ4v) is 11.9. The predicted molar refractivity (Wildman–Crippen MR) is 157 cm³/mol. The Kier molecular flexibility index (Phi) is 7.34. The quantitative estimate of drug-likeness (QED) is 0.201. The van der Waals surface area contributed by atoms with Crippen LogP contribution in [0.25, 0.3) is 0 Å². The molecule has 4 fully saturated rings. The Labute approximate surface area is 247 Å². The lowest BCUT2D eigenvalue weighted by atomic mass is 9.33. The van der Waals surface area contributed by atoms with E-state index >= 15 is 0 Å². The molecule has 5 aliphatic carbocycles. The average molecular weight is 571 g/mol. The van der Waals surface area contributed by atoms with Gasteiger partial charge in [0.15, 0.2) is 0 Å². The van der Waals surface area contributed by atoms with Crippen molar-refractivity contribution < 1.29 is 28.6 Å². The molecule has 0 heterocycles. The summed E-state index contributed by atoms with van der Waals surface area (Å²) in [5, 5.41) is 0. The molecule has 6 heteroatoms. The van der Waals surface area contributed by atoms with Crippen LogP contribution in [0.4, 0.5) is 0 Å². The van der Waals surface area contributed by atoms with E-state index in [1.54, 1.807) is 7.11 Å². The molecule has 0 aromatic carbocycles. The molecule has 5 rings (SSSR count). The third-order valence-electron chi connectivity index (χ3n) is 14.1. The Morgan fingerprint density at radius 3 is 2.12 bits per heavy atom. The van der Waals surface area contributed by atoms with Crippen LogP contribution in [0.2, 0.25) is 0 Å². The van der Waals surface area contributed by atoms with Gasteiger partial charge in [0.05, 0.1) is 12.5 Å². The van der Waals surface area contributed by atoms with Crippen molar-refractivity contribution in [1.29, 1.82) is 0 Å². The van der Waals surface area contributed by atoms with Gasteiger partial charge in [-0.25, -0.2) is 0 Å². The molecule has 41 heavy (non-hydrogen) atoms. The number of carbonyl (C=O) groups is 3. The second-order valence-corrected chi connectivity index (χ2v) is 16.0. The molecular weight excluding hydrogens is 516 g/mol. The minimum absolute atomic E-state index is 0.0121. The lowest BCUT2D eigenvalue weighted by Gasteiger charge is -2.71. The van der Waals surface area contributed by atoms with Crippen LogP contribution in [0.1, 0.15) is 114 Å². The zero-order valence-electron chi connectivity index (χ0n) is 27.2. The molecule has 0 radical (unpaired) electrons. The van der Waals surface area contributed by atoms with Crippen LogP contribution < -0.4 is 0 Å². The maximum Gasteiger partial charge on any atom is 0.312 e. The number of rotatable bonds is 3. The summed E-state index contributed by atoms with van der Waals surface area (Å²) < 4.78 is 17.4. The average Bonchev–Trinajstić information content (AvgIpc) is 2.87. The van der Waals surface area contributed by atoms with E-state index in [1.165, 1.54) is 19.4 Å². The van der Waals surface area contributed by atoms with Gasteiger partial charge in [0, 0.05) is 19.3 Å². The molecule has 0 amide bonds. The largest absolute Gasteiger partial charge is 0.469 e. The van der Waals surface area contributed by atoms with E-state index in [1.807, 2.05) is 0 Å². The number of methoxy groups -OCH3 is 1. The fourth-order valence-electron chi connectivity index (χ4n) is 11.9. The highest BCUT2D eigenvalue weighted by molar-refractivity contribution is 5.78. The number of hydrogen-bond acceptors (Lipinski definition) is 6. The van der Waals surface area contributed by atoms with Crippen LogP contribution in [0, 0.1) is 56.7 Å². The summed E-state index contributed by atoms with van der Waals surface area (Å²) in [6.45, 7) is 19.5. The Morgan fingerprint density at radius 1 is 0.854 bits per heavy atom. The molecule has 5 aliphatic rings. The molecule has 4 saturated carbocycles. The third-order valence-corrected chi connectivity index (χ3v) is 14.1. The van der Waals surface area contributed by atoms with E-state index in [-0.39, 0.29) is 45.5 Å². The molecule has 0 spiro atoms. The van der Waals surface area contributed by atoms with Gasteiger partial charge >= 0.3 is 17.9 Å². The van der Waals surface area contributed by atoms with Crippen LogP contribution in [-0.4, -0.2) is 37.2 Å². The van der Waals surface area contributed by atoms with E-state index in [0.29, 0.717) is 30.1 Å². The second-order valence-electron chi connectivity index (χ2n) is 16.0. The lowest BCUT2D eigenvalue weighted by molar-refractivity contribution is -0.244. The van der Waals surface area contributed by atoms with Crippen molar-refractivity contribution in [3.63, 3.8) is 0 Å². The second kappa shape index (κ2) is 9.84. The normalized spacial score (nSPS) is 48.2. The minimum atomic E-state index is -0.467. The highest BCUT2D eigenvalue weighted by atomic mass is 16.6. The molecule has 11 atom stereocenters. The van der Waals surface area contributed by atoms with E-state index in [4.69, 9.17) is 14.2 Å². The number of allylic oxidation sites excluding steroid dienone is 2. The molecule has 0 aromatic rings. The standard InChI is InChI=1S/C35H54O6/c1-20-13-16-35(30(38)39-10)18-17-33(8)24(28(35)21(20)2)11-12-27-32(7)19-25(40-22(3)36)29(41-23(4)37)31(5,6)26(32)14-15-34(27,33)9/h11,20-21,25-29H,12-19H2,1-10H3/t20-,21+,25-,26+,27-,28+,29+,32+,33-,34-,35+/m1/s1. The zero-order chi connectivity index (χ0) is 30.3. The number of esters is 3. The van der Waals surface area contributed by atoms with Gasteiger partial charge in [-0.15, -0.1) is 0 Å². The van der Waals surface area contributed by atoms with E-state index in [9.17, 15) is 14.4 Å². The Bertz CT molecular complexity index is 1140. The van der Waals surface area contributed by atoms with Crippen LogP contribution >= 0.6 is 0 Å². The first-order valence-electron chi connectivity index (χ1n) is 16.1. The van der Waals surface area contributed by atoms with Crippen LogP contribution in [-0.2, 0) is 28.6 Å². The first kappa shape index (κ1) is 30.6. The van der Waals surface area contributed by atoms with Gasteiger partial charge in [-0.2, -0.15) is 0 Å². The molecule has 0 unspecified atom stereocenters. The van der Waals surface area contributed by atoms with Crippen molar-refractivity contribution in [3.8, 4) is 0 Å². The van der Waals surface area contributed by atoms with Crippen molar-refractivity contribution in [1.82, 2.24) is 0 Å². The molecular formula is C35H54O6. The van der Waals surface area contributed by atoms with Crippen molar-refractivity contribution in [2.24, 2.45) is 56.7 Å². The van der Waals surface area contributed by atoms with Crippen molar-refractivity contribution in [2.45, 2.75) is 126 Å². The van der Waals surface area contributed by atoms with Gasteiger partial charge in [0.25, 0.3) is 0 Å². The summed E-state index contributed by atoms with van der Waals surface area (Å²) in [7, 11) is 1.56. The van der Waals surface area contributed by atoms with Crippen molar-refractivity contribution in [2.75, 3.05) is 7.11 Å². The summed E-state index contributed by atoms with van der Waals surface area (Å²) in [4.78, 5) is 38.0. The topological polar surface area (TPSA) is 78.9 Å². The maximum absolute atomic E-state index is 13.5. The van der Waals surface area contributed by atoms with Gasteiger partial charge in [0.2, 0.25) is 0 Å². The summed E-state index contributed by atoms with van der Waals surface area (Å²) in [6, 6.07) is 0. The Morgan fingerprint density at radius 2 is 1.51 bits per heavy atom. The molecule has 0 saturated heterocycles. The molecule has 0 aliphatic heterocycles. The van der Waals surface area contributed by atoms with Crippen LogP contribution in [0.15, 0.2) is 11.6 Å².